The molecule has 1 atom stereocenters. The first-order valence-corrected chi connectivity index (χ1v) is 16.1. The van der Waals surface area contributed by atoms with Crippen molar-refractivity contribution in [1.29, 1.82) is 0 Å². The Balaban J connectivity index is 1.28. The van der Waals surface area contributed by atoms with Crippen molar-refractivity contribution in [2.75, 3.05) is 18.4 Å². The Bertz CT molecular complexity index is 1640. The number of nitrogens with one attached hydrogen (secondary N) is 2. The molecule has 2 N–H and O–H groups in total. The number of piperidine rings is 1. The highest BCUT2D eigenvalue weighted by Gasteiger charge is 2.33. The van der Waals surface area contributed by atoms with Gasteiger partial charge < -0.3 is 10.1 Å². The van der Waals surface area contributed by atoms with E-state index in [4.69, 9.17) is 39.5 Å². The number of ether oxygens (including phenoxy) is 1. The molecular formula is C30H31Cl3N4O5S. The Hall–Kier alpha value is -3.15. The first kappa shape index (κ1) is 32.8. The van der Waals surface area contributed by atoms with Gasteiger partial charge in [-0.1, -0.05) is 46.9 Å². The number of aryl methyl sites for hydroxylation is 1. The molecule has 13 heteroatoms. The Morgan fingerprint density at radius 2 is 1.60 bits per heavy atom. The number of hydrogen-bond acceptors (Lipinski definition) is 6. The lowest BCUT2D eigenvalue weighted by Crippen LogP contribution is -2.42. The van der Waals surface area contributed by atoms with Crippen molar-refractivity contribution in [2.45, 2.75) is 44.6 Å². The number of anilines is 1. The van der Waals surface area contributed by atoms with E-state index in [-0.39, 0.29) is 39.8 Å². The van der Waals surface area contributed by atoms with Crippen molar-refractivity contribution in [3.8, 4) is 5.75 Å². The van der Waals surface area contributed by atoms with E-state index < -0.39 is 22.0 Å². The van der Waals surface area contributed by atoms with E-state index in [1.165, 1.54) is 22.5 Å². The van der Waals surface area contributed by atoms with Gasteiger partial charge in [0.05, 0.1) is 10.7 Å². The number of rotatable bonds is 9. The highest BCUT2D eigenvalue weighted by Crippen LogP contribution is 2.30. The molecule has 0 bridgehead atoms. The maximum absolute atomic E-state index is 13.0. The van der Waals surface area contributed by atoms with Crippen molar-refractivity contribution < 1.29 is 22.7 Å². The van der Waals surface area contributed by atoms with Crippen molar-refractivity contribution >= 4 is 68.0 Å². The summed E-state index contributed by atoms with van der Waals surface area (Å²) in [5, 5.41) is 8.01. The Morgan fingerprint density at radius 3 is 2.26 bits per heavy atom. The van der Waals surface area contributed by atoms with Gasteiger partial charge in [-0.2, -0.15) is 9.41 Å². The molecule has 1 aliphatic heterocycles. The minimum atomic E-state index is -3.84. The highest BCUT2D eigenvalue weighted by molar-refractivity contribution is 7.89. The van der Waals surface area contributed by atoms with E-state index in [0.29, 0.717) is 35.0 Å². The Morgan fingerprint density at radius 1 is 0.977 bits per heavy atom. The molecular weight excluding hydrogens is 635 g/mol. The van der Waals surface area contributed by atoms with Crippen LogP contribution in [0.1, 0.15) is 37.8 Å². The smallest absolute Gasteiger partial charge is 0.265 e. The number of hydrazone groups is 1. The first-order chi connectivity index (χ1) is 20.3. The second-order valence-electron chi connectivity index (χ2n) is 10.2. The highest BCUT2D eigenvalue weighted by atomic mass is 35.5. The number of carbonyl (C=O) groups is 2. The van der Waals surface area contributed by atoms with Gasteiger partial charge in [0.25, 0.3) is 5.91 Å². The molecule has 0 aromatic heterocycles. The maximum Gasteiger partial charge on any atom is 0.265 e. The number of sulfonamides is 1. The van der Waals surface area contributed by atoms with Crippen LogP contribution in [0.25, 0.3) is 0 Å². The van der Waals surface area contributed by atoms with Crippen molar-refractivity contribution in [1.82, 2.24) is 9.73 Å². The zero-order chi connectivity index (χ0) is 31.3. The van der Waals surface area contributed by atoms with E-state index in [0.717, 1.165) is 11.1 Å². The number of halogens is 3. The number of benzene rings is 3. The molecule has 1 saturated heterocycles. The van der Waals surface area contributed by atoms with E-state index in [1.807, 2.05) is 6.92 Å². The Kier molecular flexibility index (Phi) is 10.7. The lowest BCUT2D eigenvalue weighted by atomic mass is 9.98. The second-order valence-corrected chi connectivity index (χ2v) is 13.3. The summed E-state index contributed by atoms with van der Waals surface area (Å²) in [7, 11) is -3.84. The summed E-state index contributed by atoms with van der Waals surface area (Å²) in [4.78, 5) is 25.4. The summed E-state index contributed by atoms with van der Waals surface area (Å²) in [5.41, 5.74) is 5.32. The van der Waals surface area contributed by atoms with Crippen LogP contribution in [-0.2, 0) is 19.6 Å². The average Bonchev–Trinajstić information content (AvgIpc) is 2.98. The minimum Gasteiger partial charge on any atom is -0.481 e. The number of hydrogen-bond donors (Lipinski definition) is 2. The summed E-state index contributed by atoms with van der Waals surface area (Å²) >= 11 is 18.1. The molecule has 1 unspecified atom stereocenters. The van der Waals surface area contributed by atoms with Crippen LogP contribution in [0.15, 0.2) is 70.7 Å². The lowest BCUT2D eigenvalue weighted by molar-refractivity contribution is -0.126. The lowest BCUT2D eigenvalue weighted by Gasteiger charge is -2.30. The Labute approximate surface area is 266 Å². The fourth-order valence-electron chi connectivity index (χ4n) is 4.49. The standard InChI is InChI=1S/C30H31Cl3N4O5S/c1-18-16-23(31)7-11-27(18)42-20(3)29(38)34-25-8-4-21(5-9-25)19(2)35-36-30(39)22-12-14-37(15-13-22)43(40,41)28-17-24(32)6-10-26(28)33/h4-11,16-17,20,22H,12-15H2,1-3H3,(H,34,38)(H,36,39)/b35-19+. The molecule has 2 amide bonds. The zero-order valence-corrected chi connectivity index (χ0v) is 26.8. The molecule has 0 aliphatic carbocycles. The van der Waals surface area contributed by atoms with Crippen molar-refractivity contribution in [3.63, 3.8) is 0 Å². The van der Waals surface area contributed by atoms with Crippen LogP contribution in [0, 0.1) is 12.8 Å². The van der Waals surface area contributed by atoms with Gasteiger partial charge in [0.2, 0.25) is 15.9 Å². The predicted octanol–water partition coefficient (Wildman–Crippen LogP) is 6.30. The molecule has 0 radical (unpaired) electrons. The molecule has 3 aromatic rings. The van der Waals surface area contributed by atoms with Crippen LogP contribution in [0.5, 0.6) is 5.75 Å². The van der Waals surface area contributed by atoms with Gasteiger partial charge in [-0.3, -0.25) is 9.59 Å². The summed E-state index contributed by atoms with van der Waals surface area (Å²) in [6, 6.07) is 16.5. The average molecular weight is 666 g/mol. The SMILES string of the molecule is C/C(=N\NC(=O)C1CCN(S(=O)(=O)c2cc(Cl)ccc2Cl)CC1)c1ccc(NC(=O)C(C)Oc2ccc(Cl)cc2C)cc1. The molecule has 0 saturated carbocycles. The van der Waals surface area contributed by atoms with Crippen LogP contribution < -0.4 is 15.5 Å². The van der Waals surface area contributed by atoms with Gasteiger partial charge in [0.1, 0.15) is 10.6 Å². The van der Waals surface area contributed by atoms with Gasteiger partial charge >= 0.3 is 0 Å². The molecule has 1 fully saturated rings. The number of carbonyl (C=O) groups excluding carboxylic acids is 2. The van der Waals surface area contributed by atoms with Crippen molar-refractivity contribution in [2.24, 2.45) is 11.0 Å². The molecule has 3 aromatic carbocycles. The monoisotopic (exact) mass is 664 g/mol. The fourth-order valence-corrected chi connectivity index (χ4v) is 6.93. The second kappa shape index (κ2) is 14.1. The van der Waals surface area contributed by atoms with Gasteiger partial charge in [-0.15, -0.1) is 0 Å². The summed E-state index contributed by atoms with van der Waals surface area (Å²) in [6.07, 6.45) is -0.0580. The molecule has 4 rings (SSSR count). The zero-order valence-electron chi connectivity index (χ0n) is 23.7. The van der Waals surface area contributed by atoms with Gasteiger partial charge in [-0.05, 0) is 93.3 Å². The van der Waals surface area contributed by atoms with Gasteiger partial charge in [-0.25, -0.2) is 13.8 Å². The molecule has 0 spiro atoms. The topological polar surface area (TPSA) is 117 Å². The molecule has 43 heavy (non-hydrogen) atoms. The fraction of sp³-hybridized carbons (Fsp3) is 0.300. The third kappa shape index (κ3) is 8.27. The first-order valence-electron chi connectivity index (χ1n) is 13.5. The van der Waals surface area contributed by atoms with Crippen LogP contribution >= 0.6 is 34.8 Å². The van der Waals surface area contributed by atoms with Crippen LogP contribution in [0.3, 0.4) is 0 Å². The summed E-state index contributed by atoms with van der Waals surface area (Å²) < 4.78 is 33.2. The maximum atomic E-state index is 13.0. The minimum absolute atomic E-state index is 0.0498. The van der Waals surface area contributed by atoms with Gasteiger partial charge in [0.15, 0.2) is 6.10 Å². The van der Waals surface area contributed by atoms with E-state index in [2.05, 4.69) is 15.8 Å². The van der Waals surface area contributed by atoms with Crippen LogP contribution in [0.4, 0.5) is 5.69 Å². The summed E-state index contributed by atoms with van der Waals surface area (Å²) in [5.74, 6) is -0.411. The van der Waals surface area contributed by atoms with Crippen LogP contribution in [-0.4, -0.2) is 49.4 Å². The largest absolute Gasteiger partial charge is 0.481 e. The molecule has 1 aliphatic rings. The molecule has 9 nitrogen and oxygen atoms in total. The van der Waals surface area contributed by atoms with Crippen molar-refractivity contribution in [3.05, 3.63) is 86.9 Å². The molecule has 228 valence electrons. The van der Waals surface area contributed by atoms with E-state index >= 15 is 0 Å². The third-order valence-electron chi connectivity index (χ3n) is 7.05. The predicted molar refractivity (Wildman–Crippen MR) is 170 cm³/mol. The number of nitrogens with zero attached hydrogens (tertiary/aromatic N) is 2. The van der Waals surface area contributed by atoms with Gasteiger partial charge in [0, 0.05) is 34.7 Å². The van der Waals surface area contributed by atoms with E-state index in [9.17, 15) is 18.0 Å². The van der Waals surface area contributed by atoms with E-state index in [1.54, 1.807) is 56.3 Å². The third-order valence-corrected chi connectivity index (χ3v) is 9.90. The number of amides is 2. The summed E-state index contributed by atoms with van der Waals surface area (Å²) in [6.45, 7) is 5.61. The van der Waals surface area contributed by atoms with Crippen LogP contribution in [0.2, 0.25) is 15.1 Å². The quantitative estimate of drug-likeness (QED) is 0.206. The normalized spacial score (nSPS) is 15.5. The molecule has 1 heterocycles.